The van der Waals surface area contributed by atoms with Gasteiger partial charge < -0.3 is 15.1 Å². The van der Waals surface area contributed by atoms with Gasteiger partial charge in [-0.1, -0.05) is 36.4 Å². The molecule has 0 aromatic heterocycles. The summed E-state index contributed by atoms with van der Waals surface area (Å²) in [6.07, 6.45) is 0. The second-order valence-corrected chi connectivity index (χ2v) is 10.1. The van der Waals surface area contributed by atoms with Crippen molar-refractivity contribution in [3.05, 3.63) is 95.1 Å². The Labute approximate surface area is 220 Å². The van der Waals surface area contributed by atoms with E-state index >= 15 is 0 Å². The maximum absolute atomic E-state index is 12.9. The number of benzene rings is 3. The number of hydrogen-bond donors (Lipinski definition) is 2. The molecular weight excluding hydrogens is 462 g/mol. The second kappa shape index (κ2) is 11.8. The normalized spacial score (nSPS) is 19.5. The summed E-state index contributed by atoms with van der Waals surface area (Å²) in [7, 11) is 0. The van der Waals surface area contributed by atoms with Gasteiger partial charge in [0.25, 0.3) is 5.91 Å². The Balaban J connectivity index is 1.61. The molecule has 196 valence electrons. The fourth-order valence-corrected chi connectivity index (χ4v) is 5.47. The number of nitrogens with zero attached hydrogens (tertiary/aromatic N) is 3. The van der Waals surface area contributed by atoms with Gasteiger partial charge in [0.05, 0.1) is 6.04 Å². The van der Waals surface area contributed by atoms with Gasteiger partial charge in [-0.3, -0.25) is 14.6 Å². The largest absolute Gasteiger partial charge is 0.508 e. The van der Waals surface area contributed by atoms with Crippen molar-refractivity contribution in [3.63, 3.8) is 0 Å². The summed E-state index contributed by atoms with van der Waals surface area (Å²) >= 11 is 0. The van der Waals surface area contributed by atoms with Crippen molar-refractivity contribution in [3.8, 4) is 11.5 Å². The van der Waals surface area contributed by atoms with Gasteiger partial charge in [-0.05, 0) is 80.8 Å². The summed E-state index contributed by atoms with van der Waals surface area (Å²) in [5, 5.41) is 20.2. The topological polar surface area (TPSA) is 67.3 Å². The zero-order chi connectivity index (χ0) is 26.5. The monoisotopic (exact) mass is 501 g/mol. The van der Waals surface area contributed by atoms with Gasteiger partial charge in [-0.15, -0.1) is 0 Å². The predicted octanol–water partition coefficient (Wildman–Crippen LogP) is 5.26. The second-order valence-electron chi connectivity index (χ2n) is 10.1. The molecule has 1 aliphatic rings. The van der Waals surface area contributed by atoms with Crippen LogP contribution in [-0.4, -0.2) is 69.1 Å². The van der Waals surface area contributed by atoms with Gasteiger partial charge in [0.15, 0.2) is 0 Å². The molecule has 1 amide bonds. The van der Waals surface area contributed by atoms with E-state index in [0.29, 0.717) is 30.4 Å². The Hall–Kier alpha value is -3.35. The Morgan fingerprint density at radius 3 is 2.14 bits per heavy atom. The van der Waals surface area contributed by atoms with E-state index in [9.17, 15) is 15.0 Å². The number of phenolic OH excluding ortho intramolecular Hbond substituents is 2. The molecule has 3 atom stereocenters. The molecule has 1 heterocycles. The highest BCUT2D eigenvalue weighted by Gasteiger charge is 2.35. The fourth-order valence-electron chi connectivity index (χ4n) is 5.47. The highest BCUT2D eigenvalue weighted by atomic mass is 16.3. The van der Waals surface area contributed by atoms with Crippen molar-refractivity contribution in [2.45, 2.75) is 52.4 Å². The molecule has 1 unspecified atom stereocenters. The molecule has 2 N–H and O–H groups in total. The third-order valence-corrected chi connectivity index (χ3v) is 7.50. The van der Waals surface area contributed by atoms with Crippen LogP contribution in [0, 0.1) is 0 Å². The molecule has 37 heavy (non-hydrogen) atoms. The lowest BCUT2D eigenvalue weighted by molar-refractivity contribution is 0.0195. The summed E-state index contributed by atoms with van der Waals surface area (Å²) in [5.41, 5.74) is 3.93. The van der Waals surface area contributed by atoms with Crippen molar-refractivity contribution in [2.24, 2.45) is 0 Å². The average Bonchev–Trinajstić information content (AvgIpc) is 2.88. The molecule has 0 bridgehead atoms. The summed E-state index contributed by atoms with van der Waals surface area (Å²) in [5.74, 6) is 0.593. The molecule has 6 nitrogen and oxygen atoms in total. The smallest absolute Gasteiger partial charge is 0.253 e. The van der Waals surface area contributed by atoms with Crippen LogP contribution in [0.1, 0.15) is 60.8 Å². The van der Waals surface area contributed by atoms with Crippen LogP contribution in [0.3, 0.4) is 0 Å². The molecule has 1 fully saturated rings. The first-order chi connectivity index (χ1) is 17.8. The number of piperazine rings is 1. The number of carbonyl (C=O) groups is 1. The molecule has 3 aromatic carbocycles. The SMILES string of the molecule is CCN(CC)C(=O)c1ccc(C(c2cccc(O)c2)N2C[C@@H](C)N(Cc3cccc(O)c3)C[C@@H]2C)cc1. The number of amides is 1. The summed E-state index contributed by atoms with van der Waals surface area (Å²) in [6.45, 7) is 12.4. The van der Waals surface area contributed by atoms with E-state index in [1.165, 1.54) is 0 Å². The first kappa shape index (κ1) is 26.7. The van der Waals surface area contributed by atoms with Crippen LogP contribution in [0.4, 0.5) is 0 Å². The predicted molar refractivity (Wildman–Crippen MR) is 148 cm³/mol. The van der Waals surface area contributed by atoms with Gasteiger partial charge in [-0.2, -0.15) is 0 Å². The Morgan fingerprint density at radius 1 is 0.865 bits per heavy atom. The van der Waals surface area contributed by atoms with E-state index in [1.54, 1.807) is 12.1 Å². The number of phenols is 2. The molecule has 0 radical (unpaired) electrons. The van der Waals surface area contributed by atoms with Gasteiger partial charge in [0.2, 0.25) is 0 Å². The van der Waals surface area contributed by atoms with E-state index in [4.69, 9.17) is 0 Å². The quantitative estimate of drug-likeness (QED) is 0.441. The zero-order valence-electron chi connectivity index (χ0n) is 22.3. The van der Waals surface area contributed by atoms with E-state index in [1.807, 2.05) is 55.1 Å². The van der Waals surface area contributed by atoms with Gasteiger partial charge in [0.1, 0.15) is 11.5 Å². The molecule has 0 aliphatic carbocycles. The highest BCUT2D eigenvalue weighted by molar-refractivity contribution is 5.94. The summed E-state index contributed by atoms with van der Waals surface area (Å²) in [6, 6.07) is 23.4. The van der Waals surface area contributed by atoms with Crippen LogP contribution >= 0.6 is 0 Å². The van der Waals surface area contributed by atoms with Gasteiger partial charge in [-0.25, -0.2) is 0 Å². The maximum Gasteiger partial charge on any atom is 0.253 e. The lowest BCUT2D eigenvalue weighted by Gasteiger charge is -2.47. The number of carbonyl (C=O) groups excluding carboxylic acids is 1. The third-order valence-electron chi connectivity index (χ3n) is 7.50. The highest BCUT2D eigenvalue weighted by Crippen LogP contribution is 2.35. The average molecular weight is 502 g/mol. The molecule has 6 heteroatoms. The lowest BCUT2D eigenvalue weighted by atomic mass is 9.92. The van der Waals surface area contributed by atoms with Crippen LogP contribution < -0.4 is 0 Å². The van der Waals surface area contributed by atoms with Gasteiger partial charge >= 0.3 is 0 Å². The van der Waals surface area contributed by atoms with Crippen molar-refractivity contribution in [1.82, 2.24) is 14.7 Å². The molecular formula is C31H39N3O3. The Kier molecular flexibility index (Phi) is 8.52. The van der Waals surface area contributed by atoms with Crippen molar-refractivity contribution in [1.29, 1.82) is 0 Å². The minimum atomic E-state index is -0.0509. The van der Waals surface area contributed by atoms with Crippen LogP contribution in [0.5, 0.6) is 11.5 Å². The number of rotatable bonds is 8. The van der Waals surface area contributed by atoms with Crippen LogP contribution in [-0.2, 0) is 6.54 Å². The first-order valence-corrected chi connectivity index (χ1v) is 13.3. The Morgan fingerprint density at radius 2 is 1.51 bits per heavy atom. The van der Waals surface area contributed by atoms with Gasteiger partial charge in [0, 0.05) is 50.4 Å². The van der Waals surface area contributed by atoms with Crippen molar-refractivity contribution >= 4 is 5.91 Å². The standard InChI is InChI=1S/C31H39N3O3/c1-5-32(6-2)31(37)26-15-13-25(14-16-26)30(27-10-8-12-29(36)18-27)34-20-22(3)33(19-23(34)4)21-24-9-7-11-28(35)17-24/h7-18,22-23,30,35-36H,5-6,19-21H2,1-4H3/t22-,23+,30?/m1/s1. The summed E-state index contributed by atoms with van der Waals surface area (Å²) in [4.78, 5) is 19.7. The first-order valence-electron chi connectivity index (χ1n) is 13.3. The summed E-state index contributed by atoms with van der Waals surface area (Å²) < 4.78 is 0. The molecule has 1 aliphatic heterocycles. The van der Waals surface area contributed by atoms with Crippen LogP contribution in [0.15, 0.2) is 72.8 Å². The molecule has 3 aromatic rings. The molecule has 1 saturated heterocycles. The number of hydrogen-bond acceptors (Lipinski definition) is 5. The fraction of sp³-hybridized carbons (Fsp3) is 0.387. The van der Waals surface area contributed by atoms with E-state index in [0.717, 1.165) is 36.3 Å². The molecule has 0 spiro atoms. The van der Waals surface area contributed by atoms with E-state index in [-0.39, 0.29) is 23.7 Å². The minimum Gasteiger partial charge on any atom is -0.508 e. The molecule has 4 rings (SSSR count). The molecule has 0 saturated carbocycles. The lowest BCUT2D eigenvalue weighted by Crippen LogP contribution is -2.56. The van der Waals surface area contributed by atoms with E-state index < -0.39 is 0 Å². The minimum absolute atomic E-state index is 0.0491. The van der Waals surface area contributed by atoms with Crippen molar-refractivity contribution < 1.29 is 15.0 Å². The maximum atomic E-state index is 12.9. The van der Waals surface area contributed by atoms with Crippen molar-refractivity contribution in [2.75, 3.05) is 26.2 Å². The van der Waals surface area contributed by atoms with E-state index in [2.05, 4.69) is 47.9 Å². The Bertz CT molecular complexity index is 1190. The zero-order valence-corrected chi connectivity index (χ0v) is 22.3. The van der Waals surface area contributed by atoms with Crippen LogP contribution in [0.25, 0.3) is 0 Å². The van der Waals surface area contributed by atoms with Crippen LogP contribution in [0.2, 0.25) is 0 Å². The number of aromatic hydroxyl groups is 2. The third kappa shape index (κ3) is 6.14.